The summed E-state index contributed by atoms with van der Waals surface area (Å²) in [5, 5.41) is 18.3. The standard InChI is InChI=1S/C22H17Cl2F5N6O2/c1-21(25,26)19-30-17(31-35(19)15-4-2-3-14(24)9-15)11-34-20(37)33(10-16(36)22(27,28)29)18(32-34)12-5-7-13(23)8-6-12/h2-9,16,36H,10-11H2,1H3/t16-/m0/s1. The predicted molar refractivity (Wildman–Crippen MR) is 124 cm³/mol. The average Bonchev–Trinajstić information content (AvgIpc) is 3.36. The number of aliphatic hydroxyl groups excluding tert-OH is 1. The Morgan fingerprint density at radius 2 is 1.68 bits per heavy atom. The highest BCUT2D eigenvalue weighted by atomic mass is 35.5. The second kappa shape index (κ2) is 9.88. The molecule has 0 unspecified atom stereocenters. The summed E-state index contributed by atoms with van der Waals surface area (Å²) in [6.45, 7) is -1.09. The first-order chi connectivity index (χ1) is 17.2. The van der Waals surface area contributed by atoms with Crippen molar-refractivity contribution in [1.82, 2.24) is 29.1 Å². The van der Waals surface area contributed by atoms with E-state index >= 15 is 0 Å². The van der Waals surface area contributed by atoms with Crippen LogP contribution in [0.25, 0.3) is 17.1 Å². The Labute approximate surface area is 215 Å². The number of alkyl halides is 5. The van der Waals surface area contributed by atoms with Gasteiger partial charge in [0.25, 0.3) is 0 Å². The van der Waals surface area contributed by atoms with Gasteiger partial charge in [-0.05, 0) is 42.5 Å². The third-order valence-electron chi connectivity index (χ3n) is 5.15. The van der Waals surface area contributed by atoms with E-state index in [1.54, 1.807) is 0 Å². The maximum atomic E-state index is 14.3. The van der Waals surface area contributed by atoms with Gasteiger partial charge in [-0.25, -0.2) is 19.1 Å². The molecular formula is C22H17Cl2F5N6O2. The first-order valence-corrected chi connectivity index (χ1v) is 11.3. The van der Waals surface area contributed by atoms with Gasteiger partial charge >= 0.3 is 17.8 Å². The summed E-state index contributed by atoms with van der Waals surface area (Å²) in [6.07, 6.45) is -7.86. The Morgan fingerprint density at radius 3 is 2.27 bits per heavy atom. The van der Waals surface area contributed by atoms with Crippen molar-refractivity contribution in [2.24, 2.45) is 0 Å². The third-order valence-corrected chi connectivity index (χ3v) is 5.63. The zero-order chi connectivity index (χ0) is 27.1. The van der Waals surface area contributed by atoms with Crippen LogP contribution in [-0.4, -0.2) is 46.5 Å². The number of halogens is 7. The van der Waals surface area contributed by atoms with E-state index in [1.807, 2.05) is 0 Å². The largest absolute Gasteiger partial charge is 0.416 e. The Kier molecular flexibility index (Phi) is 7.14. The molecule has 0 fully saturated rings. The number of aliphatic hydroxyl groups is 1. The summed E-state index contributed by atoms with van der Waals surface area (Å²) in [5.74, 6) is -4.66. The quantitative estimate of drug-likeness (QED) is 0.330. The number of hydrogen-bond acceptors (Lipinski definition) is 5. The van der Waals surface area contributed by atoms with E-state index in [4.69, 9.17) is 23.2 Å². The zero-order valence-corrected chi connectivity index (χ0v) is 20.3. The van der Waals surface area contributed by atoms with Crippen molar-refractivity contribution in [2.75, 3.05) is 0 Å². The molecule has 0 bridgehead atoms. The van der Waals surface area contributed by atoms with Crippen molar-refractivity contribution in [2.45, 2.75) is 38.2 Å². The molecule has 0 radical (unpaired) electrons. The van der Waals surface area contributed by atoms with Gasteiger partial charge in [0.1, 0.15) is 6.54 Å². The highest BCUT2D eigenvalue weighted by Gasteiger charge is 2.39. The minimum atomic E-state index is -5.00. The maximum absolute atomic E-state index is 14.3. The first-order valence-electron chi connectivity index (χ1n) is 10.5. The lowest BCUT2D eigenvalue weighted by Crippen LogP contribution is -2.37. The minimum Gasteiger partial charge on any atom is -0.382 e. The van der Waals surface area contributed by atoms with E-state index in [9.17, 15) is 31.9 Å². The van der Waals surface area contributed by atoms with Crippen molar-refractivity contribution < 1.29 is 27.1 Å². The molecule has 1 atom stereocenters. The highest BCUT2D eigenvalue weighted by Crippen LogP contribution is 2.29. The van der Waals surface area contributed by atoms with Gasteiger partial charge in [-0.15, -0.1) is 10.2 Å². The second-order valence-corrected chi connectivity index (χ2v) is 8.94. The van der Waals surface area contributed by atoms with Crippen molar-refractivity contribution in [3.05, 3.63) is 80.7 Å². The fourth-order valence-corrected chi connectivity index (χ4v) is 3.74. The average molecular weight is 563 g/mol. The van der Waals surface area contributed by atoms with Gasteiger partial charge in [0.05, 0.1) is 12.2 Å². The molecule has 0 aliphatic heterocycles. The lowest BCUT2D eigenvalue weighted by Gasteiger charge is -2.15. The van der Waals surface area contributed by atoms with Crippen molar-refractivity contribution >= 4 is 23.2 Å². The molecule has 0 aliphatic rings. The minimum absolute atomic E-state index is 0.177. The highest BCUT2D eigenvalue weighted by molar-refractivity contribution is 6.31. The van der Waals surface area contributed by atoms with Crippen LogP contribution in [0.4, 0.5) is 22.0 Å². The molecule has 0 spiro atoms. The van der Waals surface area contributed by atoms with E-state index in [-0.39, 0.29) is 27.9 Å². The molecule has 15 heteroatoms. The van der Waals surface area contributed by atoms with Crippen molar-refractivity contribution in [3.8, 4) is 17.1 Å². The molecule has 0 saturated heterocycles. The van der Waals surface area contributed by atoms with Crippen LogP contribution in [0, 0.1) is 0 Å². The molecule has 37 heavy (non-hydrogen) atoms. The van der Waals surface area contributed by atoms with Gasteiger partial charge in [-0.2, -0.15) is 22.0 Å². The lowest BCUT2D eigenvalue weighted by atomic mass is 10.2. The number of aromatic nitrogens is 6. The molecule has 196 valence electrons. The summed E-state index contributed by atoms with van der Waals surface area (Å²) in [7, 11) is 0. The second-order valence-electron chi connectivity index (χ2n) is 8.07. The molecule has 8 nitrogen and oxygen atoms in total. The van der Waals surface area contributed by atoms with E-state index in [2.05, 4.69) is 15.2 Å². The van der Waals surface area contributed by atoms with Crippen LogP contribution in [0.5, 0.6) is 0 Å². The van der Waals surface area contributed by atoms with Crippen LogP contribution in [0.1, 0.15) is 18.6 Å². The zero-order valence-electron chi connectivity index (χ0n) is 18.8. The van der Waals surface area contributed by atoms with Crippen LogP contribution >= 0.6 is 23.2 Å². The molecular weight excluding hydrogens is 546 g/mol. The SMILES string of the molecule is CC(F)(F)c1nc(Cn2nc(-c3ccc(Cl)cc3)n(C[C@H](O)C(F)(F)F)c2=O)nn1-c1cccc(Cl)c1. The molecule has 0 saturated carbocycles. The van der Waals surface area contributed by atoms with Gasteiger partial charge in [0.15, 0.2) is 17.8 Å². The van der Waals surface area contributed by atoms with Crippen LogP contribution < -0.4 is 5.69 Å². The summed E-state index contributed by atoms with van der Waals surface area (Å²) in [6, 6.07) is 11.6. The number of nitrogens with zero attached hydrogens (tertiary/aromatic N) is 6. The molecule has 2 aromatic carbocycles. The monoisotopic (exact) mass is 562 g/mol. The van der Waals surface area contributed by atoms with E-state index in [0.29, 0.717) is 16.5 Å². The van der Waals surface area contributed by atoms with Gasteiger partial charge in [0.2, 0.25) is 5.82 Å². The predicted octanol–water partition coefficient (Wildman–Crippen LogP) is 4.68. The first kappa shape index (κ1) is 26.8. The van der Waals surface area contributed by atoms with Crippen LogP contribution in [0.2, 0.25) is 10.0 Å². The number of benzene rings is 2. The molecule has 0 amide bonds. The normalized spacial score (nSPS) is 13.2. The molecule has 2 heterocycles. The summed E-state index contributed by atoms with van der Waals surface area (Å²) >= 11 is 11.8. The van der Waals surface area contributed by atoms with E-state index in [0.717, 1.165) is 9.36 Å². The van der Waals surface area contributed by atoms with Gasteiger partial charge in [-0.3, -0.25) is 4.57 Å². The van der Waals surface area contributed by atoms with Crippen molar-refractivity contribution in [3.63, 3.8) is 0 Å². The summed E-state index contributed by atoms with van der Waals surface area (Å²) < 4.78 is 70.0. The molecule has 2 aromatic heterocycles. The Morgan fingerprint density at radius 1 is 1.00 bits per heavy atom. The lowest BCUT2D eigenvalue weighted by molar-refractivity contribution is -0.207. The van der Waals surface area contributed by atoms with E-state index < -0.39 is 42.8 Å². The Balaban J connectivity index is 1.79. The fraction of sp³-hybridized carbons (Fsp3) is 0.273. The number of rotatable bonds is 7. The van der Waals surface area contributed by atoms with Crippen LogP contribution in [0.3, 0.4) is 0 Å². The number of hydrogen-bond donors (Lipinski definition) is 1. The summed E-state index contributed by atoms with van der Waals surface area (Å²) in [4.78, 5) is 16.9. The molecule has 4 rings (SSSR count). The van der Waals surface area contributed by atoms with Gasteiger partial charge in [0, 0.05) is 22.5 Å². The summed E-state index contributed by atoms with van der Waals surface area (Å²) in [5.41, 5.74) is -0.638. The van der Waals surface area contributed by atoms with Gasteiger partial charge in [-0.1, -0.05) is 29.3 Å². The smallest absolute Gasteiger partial charge is 0.382 e. The third kappa shape index (κ3) is 5.84. The van der Waals surface area contributed by atoms with Crippen LogP contribution in [-0.2, 0) is 19.0 Å². The maximum Gasteiger partial charge on any atom is 0.416 e. The molecule has 1 N–H and O–H groups in total. The van der Waals surface area contributed by atoms with Gasteiger partial charge < -0.3 is 5.11 Å². The Bertz CT molecular complexity index is 1470. The molecule has 0 aliphatic carbocycles. The fourth-order valence-electron chi connectivity index (χ4n) is 3.43. The van der Waals surface area contributed by atoms with E-state index in [1.165, 1.54) is 48.5 Å². The molecule has 4 aromatic rings. The van der Waals surface area contributed by atoms with Crippen molar-refractivity contribution in [1.29, 1.82) is 0 Å². The van der Waals surface area contributed by atoms with Crippen LogP contribution in [0.15, 0.2) is 53.3 Å². The topological polar surface area (TPSA) is 90.8 Å². The Hall–Kier alpha value is -3.29.